The molecule has 0 fully saturated rings. The number of hydrogen-bond acceptors (Lipinski definition) is 2. The first-order valence-corrected chi connectivity index (χ1v) is 8.31. The molecular formula is C20H14N5+. The molecule has 0 bridgehead atoms. The van der Waals surface area contributed by atoms with E-state index in [2.05, 4.69) is 66.1 Å². The Morgan fingerprint density at radius 1 is 0.960 bits per heavy atom. The van der Waals surface area contributed by atoms with Gasteiger partial charge in [-0.2, -0.15) is 4.40 Å². The Hall–Kier alpha value is -3.47. The van der Waals surface area contributed by atoms with Crippen LogP contribution >= 0.6 is 0 Å². The lowest BCUT2D eigenvalue weighted by molar-refractivity contribution is -0.482. The predicted molar refractivity (Wildman–Crippen MR) is 94.6 cm³/mol. The zero-order valence-electron chi connectivity index (χ0n) is 13.4. The molecule has 0 saturated carbocycles. The first-order chi connectivity index (χ1) is 12.4. The molecule has 4 aromatic heterocycles. The average Bonchev–Trinajstić information content (AvgIpc) is 3.30. The van der Waals surface area contributed by atoms with Gasteiger partial charge in [-0.25, -0.2) is 9.13 Å². The van der Waals surface area contributed by atoms with E-state index >= 15 is 0 Å². The number of fused-ring (bicyclic) bond motifs is 7. The Balaban J connectivity index is 1.79. The highest BCUT2D eigenvalue weighted by Gasteiger charge is 2.31. The second kappa shape index (κ2) is 4.54. The molecule has 0 atom stereocenters. The van der Waals surface area contributed by atoms with Crippen molar-refractivity contribution >= 4 is 16.9 Å². The number of imidazole rings is 2. The van der Waals surface area contributed by atoms with Gasteiger partial charge >= 0.3 is 5.78 Å². The maximum atomic E-state index is 4.64. The zero-order valence-corrected chi connectivity index (χ0v) is 13.4. The third-order valence-corrected chi connectivity index (χ3v) is 4.96. The molecule has 0 spiro atoms. The SMILES string of the molecule is c1ccc(-n2c3cccnc3[n+]3cc4n(c23)Cc2cnccc2-4)cc1. The highest BCUT2D eigenvalue weighted by Crippen LogP contribution is 2.33. The van der Waals surface area contributed by atoms with Crippen molar-refractivity contribution in [3.63, 3.8) is 0 Å². The summed E-state index contributed by atoms with van der Waals surface area (Å²) in [6.45, 7) is 0.832. The average molecular weight is 324 g/mol. The molecule has 5 aromatic rings. The number of benzene rings is 1. The third-order valence-electron chi connectivity index (χ3n) is 4.96. The molecule has 5 nitrogen and oxygen atoms in total. The Morgan fingerprint density at radius 3 is 2.80 bits per heavy atom. The predicted octanol–water partition coefficient (Wildman–Crippen LogP) is 2.99. The van der Waals surface area contributed by atoms with Crippen LogP contribution in [-0.2, 0) is 6.54 Å². The molecule has 0 saturated heterocycles. The van der Waals surface area contributed by atoms with Crippen molar-refractivity contribution in [3.8, 4) is 16.9 Å². The molecule has 1 aromatic carbocycles. The topological polar surface area (TPSA) is 39.7 Å². The second-order valence-electron chi connectivity index (χ2n) is 6.32. The maximum Gasteiger partial charge on any atom is 0.334 e. The van der Waals surface area contributed by atoms with E-state index in [0.29, 0.717) is 0 Å². The summed E-state index contributed by atoms with van der Waals surface area (Å²) in [6.07, 6.45) is 7.87. The largest absolute Gasteiger partial charge is 0.334 e. The van der Waals surface area contributed by atoms with Crippen molar-refractivity contribution < 1.29 is 4.40 Å². The molecular weight excluding hydrogens is 310 g/mol. The molecule has 0 aliphatic carbocycles. The second-order valence-corrected chi connectivity index (χ2v) is 6.32. The van der Waals surface area contributed by atoms with E-state index in [4.69, 9.17) is 0 Å². The summed E-state index contributed by atoms with van der Waals surface area (Å²) >= 11 is 0. The van der Waals surface area contributed by atoms with E-state index in [-0.39, 0.29) is 0 Å². The van der Waals surface area contributed by atoms with Crippen molar-refractivity contribution in [1.82, 2.24) is 19.1 Å². The van der Waals surface area contributed by atoms with Crippen molar-refractivity contribution in [2.75, 3.05) is 0 Å². The Labute approximate surface area is 143 Å². The van der Waals surface area contributed by atoms with Crippen LogP contribution in [0.3, 0.4) is 0 Å². The number of pyridine rings is 2. The highest BCUT2D eigenvalue weighted by molar-refractivity contribution is 5.77. The summed E-state index contributed by atoms with van der Waals surface area (Å²) in [4.78, 5) is 8.92. The summed E-state index contributed by atoms with van der Waals surface area (Å²) in [7, 11) is 0. The first kappa shape index (κ1) is 12.9. The molecule has 6 rings (SSSR count). The Bertz CT molecular complexity index is 1260. The van der Waals surface area contributed by atoms with Crippen LogP contribution in [0.4, 0.5) is 0 Å². The van der Waals surface area contributed by atoms with Crippen LogP contribution in [0.25, 0.3) is 33.9 Å². The number of nitrogens with zero attached hydrogens (tertiary/aromatic N) is 5. The zero-order chi connectivity index (χ0) is 16.4. The third kappa shape index (κ3) is 1.59. The molecule has 5 heteroatoms. The number of rotatable bonds is 1. The Kier molecular flexibility index (Phi) is 2.34. The number of hydrogen-bond donors (Lipinski definition) is 0. The standard InChI is InChI=1S/C20H14N5/c1-2-5-15(6-3-1)25-17-7-4-9-22-19(17)24-13-18-16-8-10-21-11-14(16)12-23(18)20(24)25/h1-11,13H,12H2/q+1. The summed E-state index contributed by atoms with van der Waals surface area (Å²) < 4.78 is 6.83. The van der Waals surface area contributed by atoms with Crippen LogP contribution in [0, 0.1) is 0 Å². The van der Waals surface area contributed by atoms with Gasteiger partial charge in [0, 0.05) is 23.5 Å². The summed E-state index contributed by atoms with van der Waals surface area (Å²) in [5.41, 5.74) is 6.94. The molecule has 1 aliphatic rings. The fraction of sp³-hybridized carbons (Fsp3) is 0.0500. The lowest BCUT2D eigenvalue weighted by Gasteiger charge is -2.02. The van der Waals surface area contributed by atoms with E-state index in [0.717, 1.165) is 29.2 Å². The normalized spacial score (nSPS) is 12.6. The number of para-hydroxylation sites is 1. The van der Waals surface area contributed by atoms with Crippen LogP contribution in [0.15, 0.2) is 73.3 Å². The molecule has 1 aliphatic heterocycles. The van der Waals surface area contributed by atoms with Gasteiger partial charge in [-0.3, -0.25) is 4.98 Å². The fourth-order valence-electron chi connectivity index (χ4n) is 3.90. The maximum absolute atomic E-state index is 4.64. The highest BCUT2D eigenvalue weighted by atomic mass is 15.3. The monoisotopic (exact) mass is 324 g/mol. The van der Waals surface area contributed by atoms with E-state index in [1.165, 1.54) is 16.8 Å². The van der Waals surface area contributed by atoms with Gasteiger partial charge in [0.1, 0.15) is 5.69 Å². The smallest absolute Gasteiger partial charge is 0.264 e. The number of aromatic nitrogens is 5. The summed E-state index contributed by atoms with van der Waals surface area (Å²) in [5.74, 6) is 1.12. The van der Waals surface area contributed by atoms with E-state index in [1.54, 1.807) is 0 Å². The molecule has 0 N–H and O–H groups in total. The van der Waals surface area contributed by atoms with Crippen molar-refractivity contribution in [3.05, 3.63) is 78.9 Å². The van der Waals surface area contributed by atoms with Gasteiger partial charge in [-0.05, 0) is 30.3 Å². The van der Waals surface area contributed by atoms with E-state index in [1.807, 2.05) is 30.7 Å². The minimum absolute atomic E-state index is 0.832. The van der Waals surface area contributed by atoms with Gasteiger partial charge in [-0.15, -0.1) is 4.98 Å². The van der Waals surface area contributed by atoms with Gasteiger partial charge in [0.05, 0.1) is 24.6 Å². The van der Waals surface area contributed by atoms with Gasteiger partial charge in [0.25, 0.3) is 5.65 Å². The van der Waals surface area contributed by atoms with Gasteiger partial charge in [0.15, 0.2) is 5.52 Å². The molecule has 5 heterocycles. The van der Waals surface area contributed by atoms with Gasteiger partial charge in [-0.1, -0.05) is 18.2 Å². The Morgan fingerprint density at radius 2 is 1.88 bits per heavy atom. The first-order valence-electron chi connectivity index (χ1n) is 8.31. The quantitative estimate of drug-likeness (QED) is 0.436. The van der Waals surface area contributed by atoms with Crippen molar-refractivity contribution in [1.29, 1.82) is 0 Å². The molecule has 118 valence electrons. The van der Waals surface area contributed by atoms with E-state index in [9.17, 15) is 0 Å². The van der Waals surface area contributed by atoms with Gasteiger partial charge in [0.2, 0.25) is 0 Å². The lowest BCUT2D eigenvalue weighted by atomic mass is 10.1. The summed E-state index contributed by atoms with van der Waals surface area (Å²) in [5, 5.41) is 0. The van der Waals surface area contributed by atoms with Gasteiger partial charge < -0.3 is 0 Å². The fourth-order valence-corrected chi connectivity index (χ4v) is 3.90. The van der Waals surface area contributed by atoms with Crippen LogP contribution < -0.4 is 4.40 Å². The molecule has 0 radical (unpaired) electrons. The van der Waals surface area contributed by atoms with Crippen LogP contribution in [0.1, 0.15) is 5.56 Å². The molecule has 0 unspecified atom stereocenters. The van der Waals surface area contributed by atoms with E-state index < -0.39 is 0 Å². The van der Waals surface area contributed by atoms with Crippen molar-refractivity contribution in [2.45, 2.75) is 6.54 Å². The van der Waals surface area contributed by atoms with Crippen LogP contribution in [0.5, 0.6) is 0 Å². The summed E-state index contributed by atoms with van der Waals surface area (Å²) in [6, 6.07) is 16.7. The molecule has 0 amide bonds. The van der Waals surface area contributed by atoms with Crippen LogP contribution in [0.2, 0.25) is 0 Å². The minimum Gasteiger partial charge on any atom is -0.264 e. The lowest BCUT2D eigenvalue weighted by Crippen LogP contribution is -2.19. The van der Waals surface area contributed by atoms with Crippen molar-refractivity contribution in [2.24, 2.45) is 0 Å². The minimum atomic E-state index is 0.832. The van der Waals surface area contributed by atoms with Crippen LogP contribution in [-0.4, -0.2) is 19.1 Å². The molecule has 25 heavy (non-hydrogen) atoms.